The first-order valence-corrected chi connectivity index (χ1v) is 13.1. The van der Waals surface area contributed by atoms with E-state index < -0.39 is 5.54 Å². The van der Waals surface area contributed by atoms with Crippen LogP contribution >= 0.6 is 0 Å². The summed E-state index contributed by atoms with van der Waals surface area (Å²) >= 11 is 0. The number of piperidine rings is 1. The Morgan fingerprint density at radius 2 is 1.63 bits per heavy atom. The van der Waals surface area contributed by atoms with Crippen LogP contribution in [0, 0.1) is 5.92 Å². The van der Waals surface area contributed by atoms with Crippen molar-refractivity contribution in [2.75, 3.05) is 19.7 Å². The minimum absolute atomic E-state index is 0.0788. The molecule has 1 fully saturated rings. The third kappa shape index (κ3) is 5.74. The number of aliphatic hydroxyl groups excluding tert-OH is 1. The normalized spacial score (nSPS) is 17.9. The van der Waals surface area contributed by atoms with Gasteiger partial charge in [-0.05, 0) is 74.2 Å². The van der Waals surface area contributed by atoms with Gasteiger partial charge in [0.1, 0.15) is 5.75 Å². The molecule has 2 amide bonds. The number of hydrogen-bond donors (Lipinski definition) is 2. The molecule has 7 heteroatoms. The monoisotopic (exact) mass is 514 g/mol. The highest BCUT2D eigenvalue weighted by atomic mass is 16.7. The molecule has 2 aliphatic heterocycles. The molecule has 0 aromatic heterocycles. The molecule has 0 saturated carbocycles. The fraction of sp³-hybridized carbons (Fsp3) is 0.355. The molecule has 0 bridgehead atoms. The Balaban J connectivity index is 1.18. The zero-order chi connectivity index (χ0) is 26.7. The lowest BCUT2D eigenvalue weighted by Gasteiger charge is -2.37. The molecule has 1 saturated heterocycles. The first kappa shape index (κ1) is 25.9. The first-order valence-electron chi connectivity index (χ1n) is 13.1. The zero-order valence-electron chi connectivity index (χ0n) is 21.9. The lowest BCUT2D eigenvalue weighted by molar-refractivity contribution is -0.148. The topological polar surface area (TPSA) is 88.1 Å². The van der Waals surface area contributed by atoms with E-state index in [1.54, 1.807) is 26.0 Å². The standard InChI is InChI=1S/C31H34N2O5/c1-31(2,20-34)32-28(35)22-10-8-21(9-11-22)25-12-13-27-26(18-25)19-37-30(38-27)24-14-16-33(17-15-24)29(36)23-6-4-3-5-7-23/h3-13,18,24,30,34H,14-17,19-20H2,1-2H3,(H,32,35). The number of likely N-dealkylation sites (tertiary alicyclic amines) is 1. The van der Waals surface area contributed by atoms with Gasteiger partial charge in [-0.3, -0.25) is 9.59 Å². The summed E-state index contributed by atoms with van der Waals surface area (Å²) in [6, 6.07) is 22.9. The fourth-order valence-electron chi connectivity index (χ4n) is 4.92. The van der Waals surface area contributed by atoms with Crippen LogP contribution in [0.15, 0.2) is 72.8 Å². The van der Waals surface area contributed by atoms with Crippen molar-refractivity contribution in [1.29, 1.82) is 0 Å². The first-order chi connectivity index (χ1) is 18.3. The molecule has 1 unspecified atom stereocenters. The molecule has 3 aromatic rings. The highest BCUT2D eigenvalue weighted by Crippen LogP contribution is 2.35. The van der Waals surface area contributed by atoms with Crippen LogP contribution in [0.25, 0.3) is 11.1 Å². The minimum Gasteiger partial charge on any atom is -0.464 e. The molecule has 5 rings (SSSR count). The SMILES string of the molecule is CC(C)(CO)NC(=O)c1ccc(-c2ccc3c(c2)COC(C2CCN(C(=O)c4ccccc4)CC2)O3)cc1. The van der Waals surface area contributed by atoms with Crippen molar-refractivity contribution in [2.24, 2.45) is 5.92 Å². The fourth-order valence-corrected chi connectivity index (χ4v) is 4.92. The molecule has 7 nitrogen and oxygen atoms in total. The Morgan fingerprint density at radius 3 is 2.32 bits per heavy atom. The summed E-state index contributed by atoms with van der Waals surface area (Å²) < 4.78 is 12.4. The van der Waals surface area contributed by atoms with Crippen LogP contribution in [0.2, 0.25) is 0 Å². The summed E-state index contributed by atoms with van der Waals surface area (Å²) in [6.07, 6.45) is 1.36. The van der Waals surface area contributed by atoms with Crippen LogP contribution in [-0.2, 0) is 11.3 Å². The average molecular weight is 515 g/mol. The molecular formula is C31H34N2O5. The molecule has 0 aliphatic carbocycles. The van der Waals surface area contributed by atoms with E-state index in [2.05, 4.69) is 11.4 Å². The van der Waals surface area contributed by atoms with Gasteiger partial charge in [0.2, 0.25) is 6.29 Å². The van der Waals surface area contributed by atoms with Crippen molar-refractivity contribution in [3.8, 4) is 16.9 Å². The van der Waals surface area contributed by atoms with Gasteiger partial charge >= 0.3 is 0 Å². The van der Waals surface area contributed by atoms with Crippen LogP contribution in [0.3, 0.4) is 0 Å². The highest BCUT2D eigenvalue weighted by molar-refractivity contribution is 5.95. The van der Waals surface area contributed by atoms with Crippen molar-refractivity contribution >= 4 is 11.8 Å². The highest BCUT2D eigenvalue weighted by Gasteiger charge is 2.33. The number of hydrogen-bond acceptors (Lipinski definition) is 5. The second-order valence-corrected chi connectivity index (χ2v) is 10.7. The Bertz CT molecular complexity index is 1280. The number of rotatable bonds is 6. The maximum absolute atomic E-state index is 12.7. The number of carbonyl (C=O) groups excluding carboxylic acids is 2. The van der Waals surface area contributed by atoms with E-state index in [1.165, 1.54) is 0 Å². The van der Waals surface area contributed by atoms with E-state index in [9.17, 15) is 14.7 Å². The Labute approximate surface area is 223 Å². The lowest BCUT2D eigenvalue weighted by atomic mass is 9.94. The number of amides is 2. The summed E-state index contributed by atoms with van der Waals surface area (Å²) in [5.41, 5.74) is 3.58. The predicted octanol–water partition coefficient (Wildman–Crippen LogP) is 4.64. The van der Waals surface area contributed by atoms with Gasteiger partial charge in [0.25, 0.3) is 11.8 Å². The second-order valence-electron chi connectivity index (χ2n) is 10.7. The molecule has 198 valence electrons. The maximum atomic E-state index is 12.7. The summed E-state index contributed by atoms with van der Waals surface area (Å²) in [6.45, 7) is 5.27. The number of nitrogens with zero attached hydrogens (tertiary/aromatic N) is 1. The molecule has 1 atom stereocenters. The van der Waals surface area contributed by atoms with Crippen LogP contribution < -0.4 is 10.1 Å². The van der Waals surface area contributed by atoms with Crippen LogP contribution in [-0.4, -0.2) is 53.3 Å². The van der Waals surface area contributed by atoms with Crippen molar-refractivity contribution in [3.63, 3.8) is 0 Å². The predicted molar refractivity (Wildman–Crippen MR) is 145 cm³/mol. The van der Waals surface area contributed by atoms with E-state index in [1.807, 2.05) is 59.5 Å². The minimum atomic E-state index is -0.678. The van der Waals surface area contributed by atoms with E-state index in [4.69, 9.17) is 9.47 Å². The van der Waals surface area contributed by atoms with Gasteiger partial charge < -0.3 is 24.8 Å². The van der Waals surface area contributed by atoms with Crippen molar-refractivity contribution < 1.29 is 24.2 Å². The van der Waals surface area contributed by atoms with Gasteiger partial charge in [0, 0.05) is 35.7 Å². The van der Waals surface area contributed by atoms with Crippen LogP contribution in [0.1, 0.15) is 53.0 Å². The number of aliphatic hydroxyl groups is 1. The van der Waals surface area contributed by atoms with Crippen molar-refractivity contribution in [3.05, 3.63) is 89.5 Å². The number of fused-ring (bicyclic) bond motifs is 1. The van der Waals surface area contributed by atoms with Gasteiger partial charge in [-0.25, -0.2) is 0 Å². The number of benzene rings is 3. The molecule has 0 radical (unpaired) electrons. The summed E-state index contributed by atoms with van der Waals surface area (Å²) in [7, 11) is 0. The molecule has 2 heterocycles. The molecule has 38 heavy (non-hydrogen) atoms. The van der Waals surface area contributed by atoms with E-state index in [0.717, 1.165) is 40.8 Å². The third-order valence-electron chi connectivity index (χ3n) is 7.27. The Hall–Kier alpha value is -3.68. The third-order valence-corrected chi connectivity index (χ3v) is 7.27. The van der Waals surface area contributed by atoms with E-state index >= 15 is 0 Å². The maximum Gasteiger partial charge on any atom is 0.253 e. The van der Waals surface area contributed by atoms with Gasteiger partial charge in [0.15, 0.2) is 0 Å². The average Bonchev–Trinajstić information content (AvgIpc) is 2.96. The molecule has 0 spiro atoms. The van der Waals surface area contributed by atoms with Gasteiger partial charge in [0.05, 0.1) is 18.8 Å². The number of nitrogens with one attached hydrogen (secondary N) is 1. The van der Waals surface area contributed by atoms with Crippen molar-refractivity contribution in [1.82, 2.24) is 10.2 Å². The molecule has 2 aliphatic rings. The van der Waals surface area contributed by atoms with Crippen LogP contribution in [0.4, 0.5) is 0 Å². The van der Waals surface area contributed by atoms with Gasteiger partial charge in [-0.2, -0.15) is 0 Å². The quantitative estimate of drug-likeness (QED) is 0.500. The Morgan fingerprint density at radius 1 is 0.947 bits per heavy atom. The number of carbonyl (C=O) groups is 2. The Kier molecular flexibility index (Phi) is 7.49. The van der Waals surface area contributed by atoms with E-state index in [0.29, 0.717) is 25.3 Å². The smallest absolute Gasteiger partial charge is 0.253 e. The summed E-state index contributed by atoms with van der Waals surface area (Å²) in [5, 5.41) is 12.2. The molecule has 3 aromatic carbocycles. The van der Waals surface area contributed by atoms with Crippen molar-refractivity contribution in [2.45, 2.75) is 45.1 Å². The molecular weight excluding hydrogens is 480 g/mol. The lowest BCUT2D eigenvalue weighted by Crippen LogP contribution is -2.46. The summed E-state index contributed by atoms with van der Waals surface area (Å²) in [4.78, 5) is 27.1. The largest absolute Gasteiger partial charge is 0.464 e. The van der Waals surface area contributed by atoms with Crippen LogP contribution in [0.5, 0.6) is 5.75 Å². The van der Waals surface area contributed by atoms with Gasteiger partial charge in [-0.1, -0.05) is 36.4 Å². The second kappa shape index (κ2) is 11.0. The number of ether oxygens (including phenoxy) is 2. The van der Waals surface area contributed by atoms with Gasteiger partial charge in [-0.15, -0.1) is 0 Å². The molecule has 2 N–H and O–H groups in total. The zero-order valence-corrected chi connectivity index (χ0v) is 21.9. The summed E-state index contributed by atoms with van der Waals surface area (Å²) in [5.74, 6) is 0.923. The van der Waals surface area contributed by atoms with E-state index in [-0.39, 0.29) is 30.6 Å².